The highest BCUT2D eigenvalue weighted by Gasteiger charge is 2.22. The number of nitrogens with zero attached hydrogens (tertiary/aromatic N) is 1. The van der Waals surface area contributed by atoms with E-state index < -0.39 is 0 Å². The molecular weight excluding hydrogens is 306 g/mol. The van der Waals surface area contributed by atoms with Crippen LogP contribution in [0.1, 0.15) is 57.7 Å². The molecule has 2 rings (SSSR count). The predicted octanol–water partition coefficient (Wildman–Crippen LogP) is 3.13. The monoisotopic (exact) mass is 337 g/mol. The van der Waals surface area contributed by atoms with Gasteiger partial charge in [-0.15, -0.1) is 11.3 Å². The van der Waals surface area contributed by atoms with Gasteiger partial charge in [0.1, 0.15) is 0 Å². The van der Waals surface area contributed by atoms with Crippen LogP contribution in [0.4, 0.5) is 0 Å². The van der Waals surface area contributed by atoms with Gasteiger partial charge in [0.2, 0.25) is 5.91 Å². The molecule has 2 unspecified atom stereocenters. The van der Waals surface area contributed by atoms with E-state index in [0.29, 0.717) is 24.8 Å². The number of amides is 1. The molecule has 0 aliphatic carbocycles. The molecular formula is C18H31N3OS. The standard InChI is InChI=1S/C18H31N3OS/c1-13(14-6-5-8-19-11-14)10-16(22)20-9-7-17-21-15(12-23-17)18(2,3)4/h12-14,19H,5-11H2,1-4H3,(H,20,22). The number of hydrogen-bond donors (Lipinski definition) is 2. The second-order valence-corrected chi connectivity index (χ2v) is 8.71. The van der Waals surface area contributed by atoms with Gasteiger partial charge in [0.05, 0.1) is 10.7 Å². The highest BCUT2D eigenvalue weighted by Crippen LogP contribution is 2.24. The van der Waals surface area contributed by atoms with E-state index in [0.717, 1.165) is 30.2 Å². The van der Waals surface area contributed by atoms with E-state index in [1.54, 1.807) is 11.3 Å². The minimum atomic E-state index is 0.0987. The van der Waals surface area contributed by atoms with Gasteiger partial charge in [0.25, 0.3) is 0 Å². The molecule has 0 spiro atoms. The second kappa shape index (κ2) is 8.25. The SMILES string of the molecule is CC(CC(=O)NCCc1nc(C(C)(C)C)cs1)C1CCCNC1. The maximum Gasteiger partial charge on any atom is 0.220 e. The van der Waals surface area contributed by atoms with Crippen molar-refractivity contribution < 1.29 is 4.79 Å². The van der Waals surface area contributed by atoms with Crippen LogP contribution in [-0.4, -0.2) is 30.5 Å². The van der Waals surface area contributed by atoms with Gasteiger partial charge >= 0.3 is 0 Å². The zero-order valence-electron chi connectivity index (χ0n) is 14.9. The van der Waals surface area contributed by atoms with Gasteiger partial charge in [-0.1, -0.05) is 27.7 Å². The summed E-state index contributed by atoms with van der Waals surface area (Å²) >= 11 is 1.69. The lowest BCUT2D eigenvalue weighted by molar-refractivity contribution is -0.122. The average Bonchev–Trinajstić information content (AvgIpc) is 2.97. The first-order valence-corrected chi connectivity index (χ1v) is 9.66. The number of aromatic nitrogens is 1. The van der Waals surface area contributed by atoms with E-state index in [9.17, 15) is 4.79 Å². The fourth-order valence-electron chi connectivity index (χ4n) is 2.97. The first-order chi connectivity index (χ1) is 10.9. The van der Waals surface area contributed by atoms with Crippen molar-refractivity contribution in [2.45, 2.75) is 58.8 Å². The number of piperidine rings is 1. The summed E-state index contributed by atoms with van der Waals surface area (Å²) in [6.07, 6.45) is 3.94. The molecule has 1 saturated heterocycles. The summed E-state index contributed by atoms with van der Waals surface area (Å²) in [7, 11) is 0. The number of carbonyl (C=O) groups excluding carboxylic acids is 1. The molecule has 1 aromatic rings. The van der Waals surface area contributed by atoms with E-state index in [4.69, 9.17) is 0 Å². The number of carbonyl (C=O) groups is 1. The van der Waals surface area contributed by atoms with Crippen LogP contribution in [0.2, 0.25) is 0 Å². The molecule has 130 valence electrons. The molecule has 1 aliphatic heterocycles. The van der Waals surface area contributed by atoms with Crippen molar-refractivity contribution in [3.8, 4) is 0 Å². The van der Waals surface area contributed by atoms with Crippen LogP contribution >= 0.6 is 11.3 Å². The van der Waals surface area contributed by atoms with Crippen LogP contribution in [0, 0.1) is 11.8 Å². The van der Waals surface area contributed by atoms with E-state index >= 15 is 0 Å². The number of hydrogen-bond acceptors (Lipinski definition) is 4. The zero-order valence-corrected chi connectivity index (χ0v) is 15.8. The lowest BCUT2D eigenvalue weighted by Crippen LogP contribution is -2.36. The van der Waals surface area contributed by atoms with Gasteiger partial charge in [0, 0.05) is 30.2 Å². The Labute approximate surface area is 144 Å². The van der Waals surface area contributed by atoms with E-state index in [-0.39, 0.29) is 11.3 Å². The van der Waals surface area contributed by atoms with Crippen LogP contribution < -0.4 is 10.6 Å². The maximum atomic E-state index is 12.1. The molecule has 0 aromatic carbocycles. The zero-order chi connectivity index (χ0) is 16.9. The van der Waals surface area contributed by atoms with E-state index in [1.807, 2.05) is 0 Å². The molecule has 1 aromatic heterocycles. The smallest absolute Gasteiger partial charge is 0.220 e. The van der Waals surface area contributed by atoms with Crippen LogP contribution in [-0.2, 0) is 16.6 Å². The first-order valence-electron chi connectivity index (χ1n) is 8.78. The highest BCUT2D eigenvalue weighted by molar-refractivity contribution is 7.09. The summed E-state index contributed by atoms with van der Waals surface area (Å²) in [6, 6.07) is 0. The Bertz CT molecular complexity index is 501. The number of rotatable bonds is 6. The number of thiazole rings is 1. The topological polar surface area (TPSA) is 54.0 Å². The quantitative estimate of drug-likeness (QED) is 0.838. The molecule has 0 bridgehead atoms. The van der Waals surface area contributed by atoms with Crippen LogP contribution in [0.5, 0.6) is 0 Å². The van der Waals surface area contributed by atoms with Crippen LogP contribution in [0.25, 0.3) is 0 Å². The van der Waals surface area contributed by atoms with Crippen molar-refractivity contribution in [3.05, 3.63) is 16.1 Å². The second-order valence-electron chi connectivity index (χ2n) is 7.76. The Kier molecular flexibility index (Phi) is 6.60. The molecule has 4 nitrogen and oxygen atoms in total. The molecule has 1 fully saturated rings. The highest BCUT2D eigenvalue weighted by atomic mass is 32.1. The Hall–Kier alpha value is -0.940. The third-order valence-corrected chi connectivity index (χ3v) is 5.54. The summed E-state index contributed by atoms with van der Waals surface area (Å²) in [5, 5.41) is 9.73. The fraction of sp³-hybridized carbons (Fsp3) is 0.778. The van der Waals surface area contributed by atoms with Crippen LogP contribution in [0.3, 0.4) is 0 Å². The van der Waals surface area contributed by atoms with Gasteiger partial charge in [-0.2, -0.15) is 0 Å². The van der Waals surface area contributed by atoms with Crippen LogP contribution in [0.15, 0.2) is 5.38 Å². The molecule has 23 heavy (non-hydrogen) atoms. The normalized spacial score (nSPS) is 20.3. The van der Waals surface area contributed by atoms with Gasteiger partial charge in [-0.3, -0.25) is 4.79 Å². The Morgan fingerprint density at radius 2 is 2.30 bits per heavy atom. The van der Waals surface area contributed by atoms with Gasteiger partial charge < -0.3 is 10.6 Å². The first kappa shape index (κ1) is 18.4. The van der Waals surface area contributed by atoms with Crippen molar-refractivity contribution in [2.75, 3.05) is 19.6 Å². The van der Waals surface area contributed by atoms with Gasteiger partial charge in [0.15, 0.2) is 0 Å². The minimum absolute atomic E-state index is 0.0987. The molecule has 2 N–H and O–H groups in total. The largest absolute Gasteiger partial charge is 0.356 e. The molecule has 5 heteroatoms. The van der Waals surface area contributed by atoms with Crippen molar-refractivity contribution >= 4 is 17.2 Å². The lowest BCUT2D eigenvalue weighted by atomic mass is 9.85. The Morgan fingerprint density at radius 3 is 2.91 bits per heavy atom. The van der Waals surface area contributed by atoms with E-state index in [1.165, 1.54) is 12.8 Å². The minimum Gasteiger partial charge on any atom is -0.356 e. The van der Waals surface area contributed by atoms with Gasteiger partial charge in [-0.25, -0.2) is 4.98 Å². The molecule has 0 radical (unpaired) electrons. The van der Waals surface area contributed by atoms with Crippen molar-refractivity contribution in [3.63, 3.8) is 0 Å². The summed E-state index contributed by atoms with van der Waals surface area (Å²) in [5.74, 6) is 1.27. The maximum absolute atomic E-state index is 12.1. The Morgan fingerprint density at radius 1 is 1.52 bits per heavy atom. The van der Waals surface area contributed by atoms with Crippen molar-refractivity contribution in [1.29, 1.82) is 0 Å². The molecule has 0 saturated carbocycles. The van der Waals surface area contributed by atoms with E-state index in [2.05, 4.69) is 48.7 Å². The summed E-state index contributed by atoms with van der Waals surface area (Å²) in [5.41, 5.74) is 1.24. The number of nitrogens with one attached hydrogen (secondary N) is 2. The average molecular weight is 338 g/mol. The van der Waals surface area contributed by atoms with Crippen molar-refractivity contribution in [1.82, 2.24) is 15.6 Å². The third kappa shape index (κ3) is 5.88. The van der Waals surface area contributed by atoms with Crippen molar-refractivity contribution in [2.24, 2.45) is 11.8 Å². The summed E-state index contributed by atoms with van der Waals surface area (Å²) in [4.78, 5) is 16.8. The predicted molar refractivity (Wildman–Crippen MR) is 96.9 cm³/mol. The van der Waals surface area contributed by atoms with Gasteiger partial charge in [-0.05, 0) is 37.8 Å². The lowest BCUT2D eigenvalue weighted by Gasteiger charge is -2.28. The third-order valence-electron chi connectivity index (χ3n) is 4.63. The summed E-state index contributed by atoms with van der Waals surface area (Å²) in [6.45, 7) is 11.6. The summed E-state index contributed by atoms with van der Waals surface area (Å²) < 4.78 is 0. The molecule has 1 aliphatic rings. The Balaban J connectivity index is 1.69. The molecule has 2 atom stereocenters. The molecule has 1 amide bonds. The molecule has 2 heterocycles. The fourth-order valence-corrected chi connectivity index (χ4v) is 4.00.